The monoisotopic (exact) mass is 284 g/mol. The number of nitrogens with zero attached hydrogens (tertiary/aromatic N) is 3. The molecule has 21 heavy (non-hydrogen) atoms. The lowest BCUT2D eigenvalue weighted by Gasteiger charge is -2.04. The topological polar surface area (TPSA) is 65.4 Å². The molecule has 2 aromatic heterocycles. The van der Waals surface area contributed by atoms with E-state index < -0.39 is 0 Å². The maximum atomic E-state index is 5.80. The number of hydrogen-bond donors (Lipinski definition) is 1. The minimum absolute atomic E-state index is 0.504. The average molecular weight is 284 g/mol. The molecule has 0 unspecified atom stereocenters. The van der Waals surface area contributed by atoms with Crippen molar-refractivity contribution >= 4 is 11.6 Å². The van der Waals surface area contributed by atoms with Gasteiger partial charge in [-0.1, -0.05) is 26.0 Å². The Kier molecular flexibility index (Phi) is 4.42. The van der Waals surface area contributed by atoms with Crippen molar-refractivity contribution in [2.45, 2.75) is 20.8 Å². The molecule has 110 valence electrons. The van der Waals surface area contributed by atoms with E-state index in [1.54, 1.807) is 7.11 Å². The van der Waals surface area contributed by atoms with Crippen LogP contribution in [0.15, 0.2) is 36.7 Å². The van der Waals surface area contributed by atoms with Gasteiger partial charge in [0.2, 0.25) is 5.78 Å². The average Bonchev–Trinajstić information content (AvgIpc) is 2.92. The van der Waals surface area contributed by atoms with Crippen LogP contribution in [0.4, 0.5) is 5.82 Å². The smallest absolute Gasteiger partial charge is 0.236 e. The third-order valence-electron chi connectivity index (χ3n) is 3.05. The van der Waals surface area contributed by atoms with E-state index in [0.29, 0.717) is 11.6 Å². The number of rotatable bonds is 2. The number of benzene rings is 1. The summed E-state index contributed by atoms with van der Waals surface area (Å²) in [7, 11) is 1.65. The van der Waals surface area contributed by atoms with Gasteiger partial charge in [0.1, 0.15) is 11.6 Å². The third kappa shape index (κ3) is 2.81. The Labute approximate surface area is 124 Å². The van der Waals surface area contributed by atoms with Crippen molar-refractivity contribution in [3.8, 4) is 17.0 Å². The lowest BCUT2D eigenvalue weighted by molar-refractivity contribution is 0.416. The predicted molar refractivity (Wildman–Crippen MR) is 85.5 cm³/mol. The van der Waals surface area contributed by atoms with E-state index in [1.807, 2.05) is 61.8 Å². The first-order valence-electron chi connectivity index (χ1n) is 6.94. The number of methoxy groups -OCH3 is 1. The molecule has 3 rings (SSSR count). The Morgan fingerprint density at radius 1 is 1.10 bits per heavy atom. The number of anilines is 1. The van der Waals surface area contributed by atoms with Crippen LogP contribution in [-0.4, -0.2) is 21.5 Å². The standard InChI is InChI=1S/C14H14N4O.C2H6/c1-9-7-18-8-11(16-14(18)17-13(9)15)10-5-3-4-6-12(10)19-2;1-2/h3-8H,1-2H3,(H2,15,16,17);1-2H3. The molecule has 1 aromatic carbocycles. The highest BCUT2D eigenvalue weighted by molar-refractivity contribution is 5.68. The highest BCUT2D eigenvalue weighted by atomic mass is 16.5. The van der Waals surface area contributed by atoms with E-state index in [4.69, 9.17) is 10.5 Å². The van der Waals surface area contributed by atoms with Crippen LogP contribution in [-0.2, 0) is 0 Å². The minimum Gasteiger partial charge on any atom is -0.496 e. The van der Waals surface area contributed by atoms with Crippen molar-refractivity contribution in [2.24, 2.45) is 0 Å². The van der Waals surface area contributed by atoms with E-state index in [0.717, 1.165) is 22.6 Å². The van der Waals surface area contributed by atoms with Crippen LogP contribution in [0, 0.1) is 6.92 Å². The summed E-state index contributed by atoms with van der Waals surface area (Å²) in [5.41, 5.74) is 8.48. The maximum Gasteiger partial charge on any atom is 0.236 e. The second-order valence-electron chi connectivity index (χ2n) is 4.34. The predicted octanol–water partition coefficient (Wildman–Crippen LogP) is 3.32. The van der Waals surface area contributed by atoms with Crippen LogP contribution in [0.5, 0.6) is 5.75 Å². The third-order valence-corrected chi connectivity index (χ3v) is 3.05. The summed E-state index contributed by atoms with van der Waals surface area (Å²) in [6.07, 6.45) is 3.84. The van der Waals surface area contributed by atoms with Crippen LogP contribution in [0.1, 0.15) is 19.4 Å². The number of imidazole rings is 1. The fourth-order valence-corrected chi connectivity index (χ4v) is 2.02. The Bertz CT molecular complexity index is 710. The van der Waals surface area contributed by atoms with Gasteiger partial charge in [0, 0.05) is 23.5 Å². The summed E-state index contributed by atoms with van der Waals surface area (Å²) < 4.78 is 7.22. The van der Waals surface area contributed by atoms with Crippen LogP contribution < -0.4 is 10.5 Å². The van der Waals surface area contributed by atoms with Crippen LogP contribution >= 0.6 is 0 Å². The lowest BCUT2D eigenvalue weighted by Crippen LogP contribution is -1.97. The number of aryl methyl sites for hydroxylation is 1. The molecule has 0 saturated heterocycles. The van der Waals surface area contributed by atoms with Gasteiger partial charge in [0.25, 0.3) is 0 Å². The first kappa shape index (κ1) is 14.8. The molecule has 0 aliphatic carbocycles. The van der Waals surface area contributed by atoms with Crippen molar-refractivity contribution < 1.29 is 4.74 Å². The number of ether oxygens (including phenoxy) is 1. The molecule has 0 aliphatic rings. The van der Waals surface area contributed by atoms with Crippen molar-refractivity contribution in [3.63, 3.8) is 0 Å². The fourth-order valence-electron chi connectivity index (χ4n) is 2.02. The maximum absolute atomic E-state index is 5.80. The molecule has 2 heterocycles. The van der Waals surface area contributed by atoms with E-state index in [2.05, 4.69) is 9.97 Å². The molecule has 3 aromatic rings. The molecule has 0 fully saturated rings. The van der Waals surface area contributed by atoms with Gasteiger partial charge in [-0.05, 0) is 19.1 Å². The molecule has 0 amide bonds. The first-order valence-corrected chi connectivity index (χ1v) is 6.94. The summed E-state index contributed by atoms with van der Waals surface area (Å²) in [4.78, 5) is 8.75. The molecule has 0 spiro atoms. The lowest BCUT2D eigenvalue weighted by atomic mass is 10.1. The van der Waals surface area contributed by atoms with Gasteiger partial charge in [-0.3, -0.25) is 4.40 Å². The van der Waals surface area contributed by atoms with Gasteiger partial charge in [-0.15, -0.1) is 0 Å². The first-order chi connectivity index (χ1) is 10.2. The number of fused-ring (bicyclic) bond motifs is 1. The Morgan fingerprint density at radius 2 is 1.81 bits per heavy atom. The molecule has 0 aliphatic heterocycles. The molecule has 0 radical (unpaired) electrons. The van der Waals surface area contributed by atoms with Gasteiger partial charge in [-0.2, -0.15) is 4.98 Å². The van der Waals surface area contributed by atoms with E-state index >= 15 is 0 Å². The van der Waals surface area contributed by atoms with Gasteiger partial charge in [0.15, 0.2) is 0 Å². The van der Waals surface area contributed by atoms with Gasteiger partial charge >= 0.3 is 0 Å². The Balaban J connectivity index is 0.000000774. The van der Waals surface area contributed by atoms with Crippen LogP contribution in [0.25, 0.3) is 17.0 Å². The van der Waals surface area contributed by atoms with Crippen molar-refractivity contribution in [3.05, 3.63) is 42.2 Å². The number of nitrogens with two attached hydrogens (primary N) is 1. The quantitative estimate of drug-likeness (QED) is 0.784. The second-order valence-corrected chi connectivity index (χ2v) is 4.34. The minimum atomic E-state index is 0.504. The molecule has 0 atom stereocenters. The molecular formula is C16H20N4O. The zero-order valence-electron chi connectivity index (χ0n) is 12.8. The number of hydrogen-bond acceptors (Lipinski definition) is 4. The van der Waals surface area contributed by atoms with Crippen molar-refractivity contribution in [2.75, 3.05) is 12.8 Å². The van der Waals surface area contributed by atoms with Crippen molar-refractivity contribution in [1.82, 2.24) is 14.4 Å². The molecular weight excluding hydrogens is 264 g/mol. The highest BCUT2D eigenvalue weighted by Crippen LogP contribution is 2.28. The highest BCUT2D eigenvalue weighted by Gasteiger charge is 2.10. The van der Waals surface area contributed by atoms with E-state index in [9.17, 15) is 0 Å². The number of para-hydroxylation sites is 1. The number of aromatic nitrogens is 3. The summed E-state index contributed by atoms with van der Waals surface area (Å²) in [6, 6.07) is 7.76. The van der Waals surface area contributed by atoms with Crippen molar-refractivity contribution in [1.29, 1.82) is 0 Å². The molecule has 0 bridgehead atoms. The SMILES string of the molecule is CC.COc1ccccc1-c1cn2cc(C)c(N)nc2n1. The summed E-state index contributed by atoms with van der Waals surface area (Å²) in [6.45, 7) is 5.92. The fraction of sp³-hybridized carbons (Fsp3) is 0.250. The second kappa shape index (κ2) is 6.26. The van der Waals surface area contributed by atoms with E-state index in [-0.39, 0.29) is 0 Å². The largest absolute Gasteiger partial charge is 0.496 e. The van der Waals surface area contributed by atoms with Crippen LogP contribution in [0.2, 0.25) is 0 Å². The van der Waals surface area contributed by atoms with E-state index in [1.165, 1.54) is 0 Å². The molecule has 5 nitrogen and oxygen atoms in total. The normalized spacial score (nSPS) is 10.1. The summed E-state index contributed by atoms with van der Waals surface area (Å²) in [5, 5.41) is 0. The summed E-state index contributed by atoms with van der Waals surface area (Å²) >= 11 is 0. The molecule has 2 N–H and O–H groups in total. The zero-order chi connectivity index (χ0) is 15.4. The zero-order valence-corrected chi connectivity index (χ0v) is 12.8. The molecule has 0 saturated carbocycles. The Hall–Kier alpha value is -2.56. The Morgan fingerprint density at radius 3 is 2.52 bits per heavy atom. The van der Waals surface area contributed by atoms with Crippen LogP contribution in [0.3, 0.4) is 0 Å². The van der Waals surface area contributed by atoms with Gasteiger partial charge in [-0.25, -0.2) is 4.98 Å². The molecule has 5 heteroatoms. The van der Waals surface area contributed by atoms with Gasteiger partial charge in [0.05, 0.1) is 12.8 Å². The summed E-state index contributed by atoms with van der Waals surface area (Å²) in [5.74, 6) is 1.88. The van der Waals surface area contributed by atoms with Gasteiger partial charge < -0.3 is 10.5 Å². The number of nitrogen functional groups attached to an aromatic ring is 1.